The Hall–Kier alpha value is -1.02. The zero-order valence-electron chi connectivity index (χ0n) is 9.20. The summed E-state index contributed by atoms with van der Waals surface area (Å²) >= 11 is 0. The molecule has 0 amide bonds. The van der Waals surface area contributed by atoms with Gasteiger partial charge in [-0.2, -0.15) is 0 Å². The van der Waals surface area contributed by atoms with Gasteiger partial charge < -0.3 is 10.0 Å². The molecule has 0 aliphatic carbocycles. The Morgan fingerprint density at radius 1 is 1.29 bits per heavy atom. The Morgan fingerprint density at radius 3 is 2.36 bits per heavy atom. The van der Waals surface area contributed by atoms with Crippen LogP contribution in [0.4, 0.5) is 5.69 Å². The number of nitrogens with zero attached hydrogens (tertiary/aromatic N) is 1. The van der Waals surface area contributed by atoms with Crippen molar-refractivity contribution in [3.8, 4) is 0 Å². The third kappa shape index (κ3) is 3.04. The molecule has 0 saturated heterocycles. The van der Waals surface area contributed by atoms with Crippen LogP contribution in [0.5, 0.6) is 0 Å². The molecule has 0 aliphatic heterocycles. The minimum Gasteiger partial charge on any atom is -0.391 e. The van der Waals surface area contributed by atoms with Crippen LogP contribution in [-0.2, 0) is 0 Å². The lowest BCUT2D eigenvalue weighted by atomic mass is 10.2. The van der Waals surface area contributed by atoms with Crippen LogP contribution in [0.25, 0.3) is 0 Å². The number of hydrogen-bond acceptors (Lipinski definition) is 2. The zero-order chi connectivity index (χ0) is 10.6. The van der Waals surface area contributed by atoms with Gasteiger partial charge >= 0.3 is 0 Å². The number of aliphatic hydroxyl groups is 1. The number of benzene rings is 1. The number of hydrogen-bond donors (Lipinski definition) is 1. The number of anilines is 1. The van der Waals surface area contributed by atoms with Crippen LogP contribution in [0.2, 0.25) is 0 Å². The standard InChI is InChI=1S/C12H19NO/c1-4-12(14)9-13(3)11-7-5-10(2)6-8-11/h5-8,12,14H,4,9H2,1-3H3. The van der Waals surface area contributed by atoms with Gasteiger partial charge in [0.25, 0.3) is 0 Å². The van der Waals surface area contributed by atoms with Crippen LogP contribution in [0.15, 0.2) is 24.3 Å². The SMILES string of the molecule is CCC(O)CN(C)c1ccc(C)cc1. The van der Waals surface area contributed by atoms with Crippen molar-refractivity contribution in [3.05, 3.63) is 29.8 Å². The molecular formula is C12H19NO. The second-order valence-electron chi connectivity index (χ2n) is 3.78. The summed E-state index contributed by atoms with van der Waals surface area (Å²) in [4.78, 5) is 2.08. The molecule has 1 rings (SSSR count). The average molecular weight is 193 g/mol. The lowest BCUT2D eigenvalue weighted by Gasteiger charge is -2.22. The highest BCUT2D eigenvalue weighted by atomic mass is 16.3. The van der Waals surface area contributed by atoms with E-state index in [2.05, 4.69) is 36.1 Å². The molecule has 0 spiro atoms. The number of rotatable bonds is 4. The highest BCUT2D eigenvalue weighted by Crippen LogP contribution is 2.13. The molecule has 2 heteroatoms. The van der Waals surface area contributed by atoms with E-state index in [1.165, 1.54) is 5.56 Å². The molecule has 0 aromatic heterocycles. The predicted molar refractivity (Wildman–Crippen MR) is 60.7 cm³/mol. The van der Waals surface area contributed by atoms with Crippen molar-refractivity contribution in [1.82, 2.24) is 0 Å². The van der Waals surface area contributed by atoms with Crippen molar-refractivity contribution in [2.45, 2.75) is 26.4 Å². The third-order valence-corrected chi connectivity index (χ3v) is 2.43. The Balaban J connectivity index is 2.60. The van der Waals surface area contributed by atoms with Crippen LogP contribution >= 0.6 is 0 Å². The summed E-state index contributed by atoms with van der Waals surface area (Å²) in [6, 6.07) is 8.34. The van der Waals surface area contributed by atoms with Crippen LogP contribution in [0, 0.1) is 6.92 Å². The van der Waals surface area contributed by atoms with Crippen LogP contribution in [-0.4, -0.2) is 24.8 Å². The van der Waals surface area contributed by atoms with E-state index in [0.717, 1.165) is 12.1 Å². The summed E-state index contributed by atoms with van der Waals surface area (Å²) in [6.45, 7) is 4.76. The van der Waals surface area contributed by atoms with Gasteiger partial charge in [-0.25, -0.2) is 0 Å². The molecule has 14 heavy (non-hydrogen) atoms. The van der Waals surface area contributed by atoms with Crippen molar-refractivity contribution in [1.29, 1.82) is 0 Å². The van der Waals surface area contributed by atoms with E-state index in [1.807, 2.05) is 14.0 Å². The van der Waals surface area contributed by atoms with Crippen molar-refractivity contribution in [2.75, 3.05) is 18.5 Å². The van der Waals surface area contributed by atoms with Crippen molar-refractivity contribution in [2.24, 2.45) is 0 Å². The molecule has 1 aromatic rings. The van der Waals surface area contributed by atoms with Gasteiger partial charge in [-0.1, -0.05) is 24.6 Å². The van der Waals surface area contributed by atoms with Crippen molar-refractivity contribution in [3.63, 3.8) is 0 Å². The summed E-state index contributed by atoms with van der Waals surface area (Å²) in [5.41, 5.74) is 2.42. The maximum absolute atomic E-state index is 9.50. The first-order valence-corrected chi connectivity index (χ1v) is 5.09. The fourth-order valence-corrected chi connectivity index (χ4v) is 1.35. The summed E-state index contributed by atoms with van der Waals surface area (Å²) in [5, 5.41) is 9.50. The summed E-state index contributed by atoms with van der Waals surface area (Å²) < 4.78 is 0. The number of aliphatic hydroxyl groups excluding tert-OH is 1. The van der Waals surface area contributed by atoms with Crippen LogP contribution < -0.4 is 4.90 Å². The van der Waals surface area contributed by atoms with Gasteiger partial charge in [0, 0.05) is 19.3 Å². The van der Waals surface area contributed by atoms with E-state index in [0.29, 0.717) is 6.54 Å². The van der Waals surface area contributed by atoms with Gasteiger partial charge in [0.1, 0.15) is 0 Å². The van der Waals surface area contributed by atoms with E-state index in [9.17, 15) is 5.11 Å². The minimum absolute atomic E-state index is 0.235. The quantitative estimate of drug-likeness (QED) is 0.792. The van der Waals surface area contributed by atoms with Gasteiger partial charge in [-0.05, 0) is 25.5 Å². The largest absolute Gasteiger partial charge is 0.391 e. The fourth-order valence-electron chi connectivity index (χ4n) is 1.35. The first-order chi connectivity index (χ1) is 6.63. The fraction of sp³-hybridized carbons (Fsp3) is 0.500. The molecule has 2 nitrogen and oxygen atoms in total. The normalized spacial score (nSPS) is 12.6. The van der Waals surface area contributed by atoms with Gasteiger partial charge in [0.15, 0.2) is 0 Å². The molecule has 1 aromatic carbocycles. The average Bonchev–Trinajstić information content (AvgIpc) is 2.18. The zero-order valence-corrected chi connectivity index (χ0v) is 9.20. The van der Waals surface area contributed by atoms with E-state index in [-0.39, 0.29) is 6.10 Å². The predicted octanol–water partition coefficient (Wildman–Crippen LogP) is 2.20. The molecular weight excluding hydrogens is 174 g/mol. The van der Waals surface area contributed by atoms with E-state index >= 15 is 0 Å². The van der Waals surface area contributed by atoms with Gasteiger partial charge in [-0.15, -0.1) is 0 Å². The van der Waals surface area contributed by atoms with Crippen molar-refractivity contribution < 1.29 is 5.11 Å². The molecule has 1 unspecified atom stereocenters. The lowest BCUT2D eigenvalue weighted by molar-refractivity contribution is 0.177. The maximum atomic E-state index is 9.50. The molecule has 0 heterocycles. The summed E-state index contributed by atoms with van der Waals surface area (Å²) in [7, 11) is 2.00. The van der Waals surface area contributed by atoms with E-state index in [4.69, 9.17) is 0 Å². The van der Waals surface area contributed by atoms with E-state index in [1.54, 1.807) is 0 Å². The topological polar surface area (TPSA) is 23.5 Å². The van der Waals surface area contributed by atoms with Crippen LogP contribution in [0.3, 0.4) is 0 Å². The van der Waals surface area contributed by atoms with E-state index < -0.39 is 0 Å². The Labute approximate surface area is 86.2 Å². The lowest BCUT2D eigenvalue weighted by Crippen LogP contribution is -2.28. The maximum Gasteiger partial charge on any atom is 0.0712 e. The highest BCUT2D eigenvalue weighted by molar-refractivity contribution is 5.46. The molecule has 0 aliphatic rings. The summed E-state index contributed by atoms with van der Waals surface area (Å²) in [5.74, 6) is 0. The van der Waals surface area contributed by atoms with Gasteiger partial charge in [0.05, 0.1) is 6.10 Å². The van der Waals surface area contributed by atoms with Crippen molar-refractivity contribution >= 4 is 5.69 Å². The molecule has 0 saturated carbocycles. The number of aryl methyl sites for hydroxylation is 1. The second-order valence-corrected chi connectivity index (χ2v) is 3.78. The Bertz CT molecular complexity index is 268. The Kier molecular flexibility index (Phi) is 3.96. The molecule has 0 radical (unpaired) electrons. The molecule has 78 valence electrons. The smallest absolute Gasteiger partial charge is 0.0712 e. The first kappa shape index (κ1) is 11.1. The molecule has 1 N–H and O–H groups in total. The molecule has 0 fully saturated rings. The third-order valence-electron chi connectivity index (χ3n) is 2.43. The van der Waals surface area contributed by atoms with Crippen LogP contribution in [0.1, 0.15) is 18.9 Å². The first-order valence-electron chi connectivity index (χ1n) is 5.09. The van der Waals surface area contributed by atoms with Gasteiger partial charge in [-0.3, -0.25) is 0 Å². The molecule has 1 atom stereocenters. The molecule has 0 bridgehead atoms. The monoisotopic (exact) mass is 193 g/mol. The number of likely N-dealkylation sites (N-methyl/N-ethyl adjacent to an activating group) is 1. The Morgan fingerprint density at radius 2 is 1.86 bits per heavy atom. The van der Waals surface area contributed by atoms with Gasteiger partial charge in [0.2, 0.25) is 0 Å². The second kappa shape index (κ2) is 5.01. The summed E-state index contributed by atoms with van der Waals surface area (Å²) in [6.07, 6.45) is 0.567. The highest BCUT2D eigenvalue weighted by Gasteiger charge is 2.05. The minimum atomic E-state index is -0.235.